The standard InChI is InChI=1S/C16H19N3O2/c20-16(21)19-8-6-13(7-9-19)10-18-11-15(17-12-18)14-4-2-1-3-5-14/h1-5,11-13H,6-10H2,(H,20,21). The van der Waals surface area contributed by atoms with Crippen molar-refractivity contribution in [3.63, 3.8) is 0 Å². The van der Waals surface area contributed by atoms with Crippen molar-refractivity contribution in [2.24, 2.45) is 5.92 Å². The van der Waals surface area contributed by atoms with Gasteiger partial charge in [0.25, 0.3) is 0 Å². The number of imidazole rings is 1. The van der Waals surface area contributed by atoms with Gasteiger partial charge < -0.3 is 14.6 Å². The van der Waals surface area contributed by atoms with Crippen LogP contribution in [0.2, 0.25) is 0 Å². The van der Waals surface area contributed by atoms with Gasteiger partial charge in [-0.1, -0.05) is 30.3 Å². The van der Waals surface area contributed by atoms with Crippen LogP contribution in [-0.4, -0.2) is 38.7 Å². The second kappa shape index (κ2) is 5.99. The van der Waals surface area contributed by atoms with Crippen molar-refractivity contribution >= 4 is 6.09 Å². The fourth-order valence-corrected chi connectivity index (χ4v) is 2.82. The molecule has 2 aromatic rings. The number of rotatable bonds is 3. The van der Waals surface area contributed by atoms with Crippen molar-refractivity contribution in [3.05, 3.63) is 42.9 Å². The van der Waals surface area contributed by atoms with Crippen molar-refractivity contribution < 1.29 is 9.90 Å². The van der Waals surface area contributed by atoms with Crippen LogP contribution >= 0.6 is 0 Å². The number of piperidine rings is 1. The predicted octanol–water partition coefficient (Wildman–Crippen LogP) is 2.94. The van der Waals surface area contributed by atoms with Crippen LogP contribution in [-0.2, 0) is 6.54 Å². The molecule has 1 N–H and O–H groups in total. The van der Waals surface area contributed by atoms with E-state index < -0.39 is 6.09 Å². The minimum absolute atomic E-state index is 0.526. The Bertz CT molecular complexity index is 601. The zero-order valence-corrected chi connectivity index (χ0v) is 11.9. The first kappa shape index (κ1) is 13.7. The van der Waals surface area contributed by atoms with Gasteiger partial charge in [0.1, 0.15) is 0 Å². The second-order valence-electron chi connectivity index (χ2n) is 5.53. The Balaban J connectivity index is 1.60. The van der Waals surface area contributed by atoms with Gasteiger partial charge in [-0.2, -0.15) is 0 Å². The van der Waals surface area contributed by atoms with E-state index in [-0.39, 0.29) is 0 Å². The number of carboxylic acid groups (broad SMARTS) is 1. The third kappa shape index (κ3) is 3.24. The first-order valence-corrected chi connectivity index (χ1v) is 7.27. The van der Waals surface area contributed by atoms with E-state index in [4.69, 9.17) is 5.11 Å². The van der Waals surface area contributed by atoms with Gasteiger partial charge in [-0.05, 0) is 18.8 Å². The number of amides is 1. The zero-order valence-electron chi connectivity index (χ0n) is 11.9. The number of likely N-dealkylation sites (tertiary alicyclic amines) is 1. The largest absolute Gasteiger partial charge is 0.465 e. The molecule has 1 fully saturated rings. The van der Waals surface area contributed by atoms with Gasteiger partial charge in [0.2, 0.25) is 0 Å². The van der Waals surface area contributed by atoms with E-state index >= 15 is 0 Å². The topological polar surface area (TPSA) is 58.4 Å². The van der Waals surface area contributed by atoms with E-state index in [2.05, 4.69) is 27.9 Å². The molecular weight excluding hydrogens is 266 g/mol. The average Bonchev–Trinajstić information content (AvgIpc) is 2.97. The first-order valence-electron chi connectivity index (χ1n) is 7.27. The molecule has 1 aromatic carbocycles. The molecule has 0 spiro atoms. The van der Waals surface area contributed by atoms with Gasteiger partial charge in [-0.25, -0.2) is 9.78 Å². The van der Waals surface area contributed by atoms with Crippen molar-refractivity contribution in [2.45, 2.75) is 19.4 Å². The summed E-state index contributed by atoms with van der Waals surface area (Å²) in [5.74, 6) is 0.526. The highest BCUT2D eigenvalue weighted by atomic mass is 16.4. The zero-order chi connectivity index (χ0) is 14.7. The lowest BCUT2D eigenvalue weighted by atomic mass is 9.97. The highest BCUT2D eigenvalue weighted by Gasteiger charge is 2.22. The van der Waals surface area contributed by atoms with Gasteiger partial charge in [0, 0.05) is 31.4 Å². The second-order valence-corrected chi connectivity index (χ2v) is 5.53. The molecule has 5 heteroatoms. The van der Waals surface area contributed by atoms with Crippen molar-refractivity contribution in [1.82, 2.24) is 14.5 Å². The third-order valence-electron chi connectivity index (χ3n) is 4.06. The van der Waals surface area contributed by atoms with Gasteiger partial charge in [-0.15, -0.1) is 0 Å². The summed E-state index contributed by atoms with van der Waals surface area (Å²) < 4.78 is 2.11. The number of nitrogens with zero attached hydrogens (tertiary/aromatic N) is 3. The molecule has 1 aromatic heterocycles. The lowest BCUT2D eigenvalue weighted by Gasteiger charge is -2.30. The van der Waals surface area contributed by atoms with E-state index in [1.165, 1.54) is 4.90 Å². The third-order valence-corrected chi connectivity index (χ3v) is 4.06. The van der Waals surface area contributed by atoms with E-state index in [9.17, 15) is 4.79 Å². The molecule has 1 amide bonds. The fourth-order valence-electron chi connectivity index (χ4n) is 2.82. The molecule has 1 aliphatic heterocycles. The summed E-state index contributed by atoms with van der Waals surface area (Å²) in [7, 11) is 0. The smallest absolute Gasteiger partial charge is 0.407 e. The van der Waals surface area contributed by atoms with Crippen molar-refractivity contribution in [3.8, 4) is 11.3 Å². The Hall–Kier alpha value is -2.30. The molecule has 0 atom stereocenters. The average molecular weight is 285 g/mol. The lowest BCUT2D eigenvalue weighted by molar-refractivity contribution is 0.121. The normalized spacial score (nSPS) is 16.1. The summed E-state index contributed by atoms with van der Waals surface area (Å²) in [6, 6.07) is 10.1. The van der Waals surface area contributed by atoms with Gasteiger partial charge in [-0.3, -0.25) is 0 Å². The van der Waals surface area contributed by atoms with Crippen LogP contribution < -0.4 is 0 Å². The summed E-state index contributed by atoms with van der Waals surface area (Å²) >= 11 is 0. The Morgan fingerprint density at radius 1 is 1.24 bits per heavy atom. The maximum atomic E-state index is 10.9. The summed E-state index contributed by atoms with van der Waals surface area (Å²) in [6.45, 7) is 2.19. The summed E-state index contributed by atoms with van der Waals surface area (Å²) in [6.07, 6.45) is 4.98. The Labute approximate surface area is 123 Å². The monoisotopic (exact) mass is 285 g/mol. The molecule has 1 saturated heterocycles. The SMILES string of the molecule is O=C(O)N1CCC(Cn2cnc(-c3ccccc3)c2)CC1. The molecule has 1 aliphatic rings. The maximum Gasteiger partial charge on any atom is 0.407 e. The fraction of sp³-hybridized carbons (Fsp3) is 0.375. The summed E-state index contributed by atoms with van der Waals surface area (Å²) in [5, 5.41) is 8.95. The first-order chi connectivity index (χ1) is 10.2. The number of hydrogen-bond acceptors (Lipinski definition) is 2. The van der Waals surface area contributed by atoms with Crippen LogP contribution in [0.1, 0.15) is 12.8 Å². The van der Waals surface area contributed by atoms with E-state index in [0.29, 0.717) is 19.0 Å². The quantitative estimate of drug-likeness (QED) is 0.943. The number of aromatic nitrogens is 2. The number of hydrogen-bond donors (Lipinski definition) is 1. The predicted molar refractivity (Wildman–Crippen MR) is 80.0 cm³/mol. The van der Waals surface area contributed by atoms with E-state index in [0.717, 1.165) is 30.6 Å². The molecule has 21 heavy (non-hydrogen) atoms. The minimum atomic E-state index is -0.803. The Kier molecular flexibility index (Phi) is 3.90. The molecule has 5 nitrogen and oxygen atoms in total. The highest BCUT2D eigenvalue weighted by molar-refractivity contribution is 5.65. The Morgan fingerprint density at radius 3 is 2.62 bits per heavy atom. The van der Waals surface area contributed by atoms with Gasteiger partial charge >= 0.3 is 6.09 Å². The van der Waals surface area contributed by atoms with Crippen molar-refractivity contribution in [1.29, 1.82) is 0 Å². The molecule has 0 radical (unpaired) electrons. The molecule has 0 aliphatic carbocycles. The van der Waals surface area contributed by atoms with Crippen molar-refractivity contribution in [2.75, 3.05) is 13.1 Å². The lowest BCUT2D eigenvalue weighted by Crippen LogP contribution is -2.38. The van der Waals surface area contributed by atoms with Crippen LogP contribution in [0.4, 0.5) is 4.79 Å². The minimum Gasteiger partial charge on any atom is -0.465 e. The number of carbonyl (C=O) groups is 1. The molecular formula is C16H19N3O2. The van der Waals surface area contributed by atoms with Gasteiger partial charge in [0.05, 0.1) is 12.0 Å². The maximum absolute atomic E-state index is 10.9. The molecule has 0 unspecified atom stereocenters. The molecule has 110 valence electrons. The van der Waals surface area contributed by atoms with E-state index in [1.807, 2.05) is 24.5 Å². The Morgan fingerprint density at radius 2 is 1.95 bits per heavy atom. The van der Waals surface area contributed by atoms with Crippen LogP contribution in [0.3, 0.4) is 0 Å². The van der Waals surface area contributed by atoms with Crippen LogP contribution in [0, 0.1) is 5.92 Å². The summed E-state index contributed by atoms with van der Waals surface area (Å²) in [4.78, 5) is 16.8. The molecule has 0 saturated carbocycles. The number of benzene rings is 1. The molecule has 0 bridgehead atoms. The summed E-state index contributed by atoms with van der Waals surface area (Å²) in [5.41, 5.74) is 2.11. The highest BCUT2D eigenvalue weighted by Crippen LogP contribution is 2.21. The van der Waals surface area contributed by atoms with Crippen LogP contribution in [0.15, 0.2) is 42.9 Å². The van der Waals surface area contributed by atoms with Crippen LogP contribution in [0.25, 0.3) is 11.3 Å². The van der Waals surface area contributed by atoms with E-state index in [1.54, 1.807) is 0 Å². The molecule has 3 rings (SSSR count). The molecule has 2 heterocycles. The van der Waals surface area contributed by atoms with Crippen LogP contribution in [0.5, 0.6) is 0 Å². The van der Waals surface area contributed by atoms with Gasteiger partial charge in [0.15, 0.2) is 0 Å².